The molecular formula is C9H6ClN2O2-. The first-order chi connectivity index (χ1) is 6.65. The molecule has 0 aliphatic rings. The van der Waals surface area contributed by atoms with E-state index in [9.17, 15) is 9.90 Å². The van der Waals surface area contributed by atoms with E-state index >= 15 is 0 Å². The minimum Gasteiger partial charge on any atom is -0.530 e. The lowest BCUT2D eigenvalue weighted by atomic mass is 10.3. The van der Waals surface area contributed by atoms with Gasteiger partial charge in [-0.2, -0.15) is 5.26 Å². The Bertz CT molecular complexity index is 369. The Hall–Kier alpha value is -1.73. The lowest BCUT2D eigenvalue weighted by Gasteiger charge is -2.21. The molecule has 0 aliphatic carbocycles. The van der Waals surface area contributed by atoms with E-state index < -0.39 is 6.09 Å². The molecule has 1 amide bonds. The van der Waals surface area contributed by atoms with Crippen molar-refractivity contribution >= 4 is 23.4 Å². The van der Waals surface area contributed by atoms with Crippen LogP contribution in [-0.2, 0) is 0 Å². The summed E-state index contributed by atoms with van der Waals surface area (Å²) in [7, 11) is 0. The summed E-state index contributed by atoms with van der Waals surface area (Å²) in [6.45, 7) is -0.260. The molecule has 0 saturated carbocycles. The van der Waals surface area contributed by atoms with Gasteiger partial charge in [0.1, 0.15) is 12.6 Å². The molecule has 0 aromatic heterocycles. The number of rotatable bonds is 2. The van der Waals surface area contributed by atoms with Gasteiger partial charge in [0.25, 0.3) is 0 Å². The Morgan fingerprint density at radius 1 is 1.50 bits per heavy atom. The van der Waals surface area contributed by atoms with Gasteiger partial charge in [0.2, 0.25) is 0 Å². The van der Waals surface area contributed by atoms with Gasteiger partial charge in [0, 0.05) is 10.7 Å². The number of anilines is 1. The molecule has 4 nitrogen and oxygen atoms in total. The second-order valence-electron chi connectivity index (χ2n) is 2.49. The van der Waals surface area contributed by atoms with E-state index in [4.69, 9.17) is 16.9 Å². The molecule has 1 rings (SSSR count). The van der Waals surface area contributed by atoms with Gasteiger partial charge in [-0.15, -0.1) is 0 Å². The maximum atomic E-state index is 10.6. The monoisotopic (exact) mass is 209 g/mol. The summed E-state index contributed by atoms with van der Waals surface area (Å²) in [5.41, 5.74) is 0.371. The molecule has 14 heavy (non-hydrogen) atoms. The maximum Gasteiger partial charge on any atom is 0.142 e. The van der Waals surface area contributed by atoms with Crippen molar-refractivity contribution in [2.45, 2.75) is 0 Å². The van der Waals surface area contributed by atoms with E-state index in [-0.39, 0.29) is 6.54 Å². The average Bonchev–Trinajstić information content (AvgIpc) is 2.15. The normalized spacial score (nSPS) is 9.14. The van der Waals surface area contributed by atoms with E-state index in [0.717, 1.165) is 4.90 Å². The predicted molar refractivity (Wildman–Crippen MR) is 49.8 cm³/mol. The molecule has 0 saturated heterocycles. The first-order valence-corrected chi connectivity index (χ1v) is 4.14. The van der Waals surface area contributed by atoms with Gasteiger partial charge in [-0.3, -0.25) is 0 Å². The highest BCUT2D eigenvalue weighted by atomic mass is 35.5. The lowest BCUT2D eigenvalue weighted by molar-refractivity contribution is -0.246. The number of carbonyl (C=O) groups is 1. The fourth-order valence-corrected chi connectivity index (χ4v) is 1.08. The highest BCUT2D eigenvalue weighted by Gasteiger charge is 2.05. The Balaban J connectivity index is 2.95. The molecule has 0 atom stereocenters. The van der Waals surface area contributed by atoms with Crippen molar-refractivity contribution in [3.05, 3.63) is 29.3 Å². The molecule has 0 spiro atoms. The summed E-state index contributed by atoms with van der Waals surface area (Å²) in [5, 5.41) is 19.5. The minimum absolute atomic E-state index is 0.260. The molecule has 0 N–H and O–H groups in total. The first kappa shape index (κ1) is 10.4. The smallest absolute Gasteiger partial charge is 0.142 e. The second kappa shape index (κ2) is 4.49. The van der Waals surface area contributed by atoms with Gasteiger partial charge in [0.15, 0.2) is 0 Å². The van der Waals surface area contributed by atoms with Gasteiger partial charge in [-0.25, -0.2) is 0 Å². The van der Waals surface area contributed by atoms with Crippen molar-refractivity contribution in [1.82, 2.24) is 0 Å². The number of carbonyl (C=O) groups excluding carboxylic acids is 1. The van der Waals surface area contributed by atoms with E-state index in [1.165, 1.54) is 12.1 Å². The molecule has 1 aromatic rings. The number of hydrogen-bond donors (Lipinski definition) is 0. The van der Waals surface area contributed by atoms with Crippen LogP contribution in [0, 0.1) is 11.3 Å². The largest absolute Gasteiger partial charge is 0.530 e. The van der Waals surface area contributed by atoms with Crippen LogP contribution in [0.4, 0.5) is 10.5 Å². The van der Waals surface area contributed by atoms with Gasteiger partial charge in [0.05, 0.1) is 6.07 Å². The molecule has 5 heteroatoms. The number of benzene rings is 1. The van der Waals surface area contributed by atoms with Crippen molar-refractivity contribution in [2.75, 3.05) is 11.4 Å². The maximum absolute atomic E-state index is 10.6. The molecule has 72 valence electrons. The van der Waals surface area contributed by atoms with Gasteiger partial charge >= 0.3 is 0 Å². The Morgan fingerprint density at radius 3 is 2.50 bits per heavy atom. The summed E-state index contributed by atoms with van der Waals surface area (Å²) in [6.07, 6.45) is -1.41. The van der Waals surface area contributed by atoms with Crippen LogP contribution in [0.1, 0.15) is 0 Å². The van der Waals surface area contributed by atoms with Crippen molar-refractivity contribution < 1.29 is 9.90 Å². The SMILES string of the molecule is N#CCN(C(=O)[O-])c1ccc(Cl)cc1. The minimum atomic E-state index is -1.41. The third kappa shape index (κ3) is 2.38. The number of carboxylic acid groups (broad SMARTS) is 1. The van der Waals surface area contributed by atoms with Crippen molar-refractivity contribution in [1.29, 1.82) is 5.26 Å². The predicted octanol–water partition coefficient (Wildman–Crippen LogP) is 1.01. The number of amides is 1. The summed E-state index contributed by atoms with van der Waals surface area (Å²) in [5.74, 6) is 0. The summed E-state index contributed by atoms with van der Waals surface area (Å²) in [4.78, 5) is 11.4. The van der Waals surface area contributed by atoms with Crippen LogP contribution in [0.5, 0.6) is 0 Å². The van der Waals surface area contributed by atoms with E-state index in [0.29, 0.717) is 10.7 Å². The molecule has 0 unspecified atom stereocenters. The molecule has 0 heterocycles. The van der Waals surface area contributed by atoms with E-state index in [2.05, 4.69) is 0 Å². The third-order valence-electron chi connectivity index (χ3n) is 1.59. The first-order valence-electron chi connectivity index (χ1n) is 3.76. The number of hydrogen-bond acceptors (Lipinski definition) is 3. The summed E-state index contributed by atoms with van der Waals surface area (Å²) >= 11 is 5.63. The van der Waals surface area contributed by atoms with Crippen molar-refractivity contribution in [2.24, 2.45) is 0 Å². The van der Waals surface area contributed by atoms with E-state index in [1.807, 2.05) is 0 Å². The van der Waals surface area contributed by atoms with Crippen LogP contribution in [-0.4, -0.2) is 12.6 Å². The van der Waals surface area contributed by atoms with Crippen LogP contribution in [0.25, 0.3) is 0 Å². The van der Waals surface area contributed by atoms with Crippen LogP contribution < -0.4 is 10.0 Å². The number of halogens is 1. The van der Waals surface area contributed by atoms with E-state index in [1.54, 1.807) is 18.2 Å². The third-order valence-corrected chi connectivity index (χ3v) is 1.84. The van der Waals surface area contributed by atoms with Gasteiger partial charge < -0.3 is 14.8 Å². The zero-order valence-corrected chi connectivity index (χ0v) is 7.86. The lowest BCUT2D eigenvalue weighted by Crippen LogP contribution is -2.41. The summed E-state index contributed by atoms with van der Waals surface area (Å²) < 4.78 is 0. The molecule has 0 radical (unpaired) electrons. The molecule has 0 bridgehead atoms. The highest BCUT2D eigenvalue weighted by molar-refractivity contribution is 6.30. The fourth-order valence-electron chi connectivity index (χ4n) is 0.953. The topological polar surface area (TPSA) is 67.2 Å². The highest BCUT2D eigenvalue weighted by Crippen LogP contribution is 2.17. The van der Waals surface area contributed by atoms with Crippen LogP contribution in [0.3, 0.4) is 0 Å². The average molecular weight is 210 g/mol. The molecular weight excluding hydrogens is 204 g/mol. The Labute approximate surface area is 85.9 Å². The van der Waals surface area contributed by atoms with Crippen molar-refractivity contribution in [3.63, 3.8) is 0 Å². The summed E-state index contributed by atoms with van der Waals surface area (Å²) in [6, 6.07) is 7.84. The Morgan fingerprint density at radius 2 is 2.07 bits per heavy atom. The zero-order chi connectivity index (χ0) is 10.6. The number of nitriles is 1. The standard InChI is InChI=1S/C9H7ClN2O2/c10-7-1-3-8(4-2-7)12(6-5-11)9(13)14/h1-4H,6H2,(H,13,14)/p-1. The quantitative estimate of drug-likeness (QED) is 0.683. The van der Waals surface area contributed by atoms with Gasteiger partial charge in [-0.1, -0.05) is 11.6 Å². The molecule has 0 fully saturated rings. The zero-order valence-electron chi connectivity index (χ0n) is 7.11. The van der Waals surface area contributed by atoms with Crippen LogP contribution >= 0.6 is 11.6 Å². The molecule has 0 aliphatic heterocycles. The molecule has 1 aromatic carbocycles. The fraction of sp³-hybridized carbons (Fsp3) is 0.111. The van der Waals surface area contributed by atoms with Gasteiger partial charge in [-0.05, 0) is 24.3 Å². The Kier molecular flexibility index (Phi) is 3.32. The van der Waals surface area contributed by atoms with Crippen LogP contribution in [0.15, 0.2) is 24.3 Å². The van der Waals surface area contributed by atoms with Crippen molar-refractivity contribution in [3.8, 4) is 6.07 Å². The van der Waals surface area contributed by atoms with Crippen LogP contribution in [0.2, 0.25) is 5.02 Å². The second-order valence-corrected chi connectivity index (χ2v) is 2.92. The number of nitrogens with zero attached hydrogens (tertiary/aromatic N) is 2.